The van der Waals surface area contributed by atoms with Crippen molar-refractivity contribution in [1.82, 2.24) is 20.2 Å². The van der Waals surface area contributed by atoms with Crippen LogP contribution in [0.1, 0.15) is 27.0 Å². The first-order chi connectivity index (χ1) is 15.6. The number of nitrogens with one attached hydrogen (secondary N) is 2. The number of carbonyl (C=O) groups is 2. The Morgan fingerprint density at radius 2 is 2.06 bits per heavy atom. The molecule has 9 heteroatoms. The number of Topliss-reactive ketones (excluding diaryl/α,β-unsaturated/α-hetero) is 1. The number of thiophene rings is 1. The normalized spacial score (nSPS) is 15.1. The maximum Gasteiger partial charge on any atom is 0.264 e. The standard InChI is InChI=1S/C23H23N5O2S2/c1-14(29)9-15-3-2-4-16(10-15)26-23-25-12-19-21(27-23)17-11-18(32-20(17)13-31-19)22(30)28-7-5-24-6-8-28/h2-4,10-12,24H,5-9,13H2,1H3,(H,25,26,27). The molecule has 2 aromatic heterocycles. The summed E-state index contributed by atoms with van der Waals surface area (Å²) in [7, 11) is 0. The molecule has 7 nitrogen and oxygen atoms in total. The molecular weight excluding hydrogens is 442 g/mol. The summed E-state index contributed by atoms with van der Waals surface area (Å²) in [6.45, 7) is 4.75. The van der Waals surface area contributed by atoms with Gasteiger partial charge in [-0.2, -0.15) is 0 Å². The van der Waals surface area contributed by atoms with E-state index < -0.39 is 0 Å². The number of benzene rings is 1. The number of thioether (sulfide) groups is 1. The highest BCUT2D eigenvalue weighted by molar-refractivity contribution is 7.98. The molecule has 1 fully saturated rings. The van der Waals surface area contributed by atoms with E-state index in [1.54, 1.807) is 30.0 Å². The van der Waals surface area contributed by atoms with Crippen LogP contribution >= 0.6 is 23.1 Å². The van der Waals surface area contributed by atoms with E-state index >= 15 is 0 Å². The molecule has 2 N–H and O–H groups in total. The van der Waals surface area contributed by atoms with Crippen molar-refractivity contribution in [2.75, 3.05) is 31.5 Å². The fraction of sp³-hybridized carbons (Fsp3) is 0.304. The van der Waals surface area contributed by atoms with Gasteiger partial charge in [-0.15, -0.1) is 23.1 Å². The topological polar surface area (TPSA) is 87.2 Å². The first-order valence-corrected chi connectivity index (χ1v) is 12.4. The van der Waals surface area contributed by atoms with E-state index in [9.17, 15) is 9.59 Å². The number of fused-ring (bicyclic) bond motifs is 3. The first-order valence-electron chi connectivity index (χ1n) is 10.5. The molecule has 0 spiro atoms. The van der Waals surface area contributed by atoms with Crippen LogP contribution in [-0.4, -0.2) is 52.7 Å². The van der Waals surface area contributed by atoms with Crippen LogP contribution in [0.3, 0.4) is 0 Å². The van der Waals surface area contributed by atoms with Crippen molar-refractivity contribution in [3.05, 3.63) is 51.8 Å². The number of nitrogens with zero attached hydrogens (tertiary/aromatic N) is 3. The molecule has 2 aliphatic rings. The van der Waals surface area contributed by atoms with Crippen molar-refractivity contribution in [2.45, 2.75) is 24.0 Å². The Morgan fingerprint density at radius 3 is 2.88 bits per heavy atom. The van der Waals surface area contributed by atoms with Crippen molar-refractivity contribution in [3.63, 3.8) is 0 Å². The second-order valence-electron chi connectivity index (χ2n) is 7.89. The lowest BCUT2D eigenvalue weighted by Gasteiger charge is -2.26. The van der Waals surface area contributed by atoms with Crippen LogP contribution in [0.2, 0.25) is 0 Å². The van der Waals surface area contributed by atoms with Crippen molar-refractivity contribution in [1.29, 1.82) is 0 Å². The SMILES string of the molecule is CC(=O)Cc1cccc(Nc2ncc3c(n2)-c2cc(C(=O)N4CCNCC4)sc2CS3)c1. The predicted octanol–water partition coefficient (Wildman–Crippen LogP) is 3.73. The zero-order valence-electron chi connectivity index (χ0n) is 17.7. The monoisotopic (exact) mass is 465 g/mol. The summed E-state index contributed by atoms with van der Waals surface area (Å²) in [5.41, 5.74) is 3.68. The van der Waals surface area contributed by atoms with Gasteiger partial charge in [-0.05, 0) is 30.7 Å². The largest absolute Gasteiger partial charge is 0.335 e. The molecule has 3 aromatic rings. The molecule has 2 aliphatic heterocycles. The number of hydrogen-bond donors (Lipinski definition) is 2. The van der Waals surface area contributed by atoms with Gasteiger partial charge in [0.15, 0.2) is 0 Å². The molecule has 0 aliphatic carbocycles. The van der Waals surface area contributed by atoms with E-state index in [2.05, 4.69) is 15.6 Å². The third-order valence-electron chi connectivity index (χ3n) is 5.43. The van der Waals surface area contributed by atoms with Gasteiger partial charge in [-0.1, -0.05) is 12.1 Å². The highest BCUT2D eigenvalue weighted by Crippen LogP contribution is 2.44. The smallest absolute Gasteiger partial charge is 0.264 e. The van der Waals surface area contributed by atoms with Gasteiger partial charge < -0.3 is 15.5 Å². The summed E-state index contributed by atoms with van der Waals surface area (Å²) in [6.07, 6.45) is 2.24. The van der Waals surface area contributed by atoms with Gasteiger partial charge in [0.05, 0.1) is 15.5 Å². The third kappa shape index (κ3) is 4.41. The average Bonchev–Trinajstić information content (AvgIpc) is 3.24. The van der Waals surface area contributed by atoms with Gasteiger partial charge in [-0.25, -0.2) is 9.97 Å². The van der Waals surface area contributed by atoms with E-state index in [4.69, 9.17) is 4.98 Å². The Balaban J connectivity index is 1.41. The highest BCUT2D eigenvalue weighted by atomic mass is 32.2. The summed E-state index contributed by atoms with van der Waals surface area (Å²) in [5, 5.41) is 6.55. The minimum atomic E-state index is 0.104. The number of piperazine rings is 1. The Labute approximate surface area is 194 Å². The van der Waals surface area contributed by atoms with Crippen LogP contribution in [-0.2, 0) is 17.0 Å². The molecule has 5 rings (SSSR count). The Morgan fingerprint density at radius 1 is 1.22 bits per heavy atom. The summed E-state index contributed by atoms with van der Waals surface area (Å²) in [4.78, 5) is 38.6. The van der Waals surface area contributed by atoms with E-state index in [0.29, 0.717) is 12.4 Å². The van der Waals surface area contributed by atoms with Crippen LogP contribution in [0.5, 0.6) is 0 Å². The Kier molecular flexibility index (Phi) is 5.95. The van der Waals surface area contributed by atoms with Gasteiger partial charge in [0.1, 0.15) is 5.78 Å². The zero-order valence-corrected chi connectivity index (χ0v) is 19.3. The minimum Gasteiger partial charge on any atom is -0.335 e. The maximum absolute atomic E-state index is 13.0. The van der Waals surface area contributed by atoms with Crippen molar-refractivity contribution in [2.24, 2.45) is 0 Å². The van der Waals surface area contributed by atoms with E-state index in [1.807, 2.05) is 41.4 Å². The number of hydrogen-bond acceptors (Lipinski definition) is 8. The lowest BCUT2D eigenvalue weighted by molar-refractivity contribution is -0.116. The Bertz CT molecular complexity index is 1190. The number of ketones is 1. The lowest BCUT2D eigenvalue weighted by atomic mass is 10.1. The third-order valence-corrected chi connectivity index (χ3v) is 7.78. The van der Waals surface area contributed by atoms with Crippen molar-refractivity contribution in [3.8, 4) is 11.3 Å². The van der Waals surface area contributed by atoms with E-state index in [1.165, 1.54) is 4.88 Å². The average molecular weight is 466 g/mol. The van der Waals surface area contributed by atoms with Crippen LogP contribution in [0.4, 0.5) is 11.6 Å². The predicted molar refractivity (Wildman–Crippen MR) is 128 cm³/mol. The zero-order chi connectivity index (χ0) is 22.1. The molecule has 164 valence electrons. The van der Waals surface area contributed by atoms with Crippen molar-refractivity contribution >= 4 is 46.4 Å². The second-order valence-corrected chi connectivity index (χ2v) is 10.0. The molecule has 0 bridgehead atoms. The fourth-order valence-corrected chi connectivity index (χ4v) is 6.11. The van der Waals surface area contributed by atoms with Crippen LogP contribution in [0.25, 0.3) is 11.3 Å². The number of rotatable bonds is 5. The highest BCUT2D eigenvalue weighted by Gasteiger charge is 2.26. The second kappa shape index (κ2) is 9.01. The number of amides is 1. The van der Waals surface area contributed by atoms with Gasteiger partial charge >= 0.3 is 0 Å². The molecule has 4 heterocycles. The summed E-state index contributed by atoms with van der Waals surface area (Å²) in [5.74, 6) is 1.55. The lowest BCUT2D eigenvalue weighted by Crippen LogP contribution is -2.46. The Hall–Kier alpha value is -2.75. The van der Waals surface area contributed by atoms with Crippen molar-refractivity contribution < 1.29 is 9.59 Å². The van der Waals surface area contributed by atoms with Gasteiger partial charge in [-0.3, -0.25) is 9.59 Å². The van der Waals surface area contributed by atoms with Gasteiger partial charge in [0.2, 0.25) is 5.95 Å². The molecule has 0 atom stereocenters. The first kappa shape index (κ1) is 21.1. The molecule has 32 heavy (non-hydrogen) atoms. The molecule has 1 aromatic carbocycles. The van der Waals surface area contributed by atoms with E-state index in [-0.39, 0.29) is 11.7 Å². The molecular formula is C23H23N5O2S2. The molecule has 1 saturated heterocycles. The number of anilines is 2. The number of carbonyl (C=O) groups excluding carboxylic acids is 2. The van der Waals surface area contributed by atoms with Crippen LogP contribution in [0.15, 0.2) is 41.4 Å². The minimum absolute atomic E-state index is 0.104. The van der Waals surface area contributed by atoms with Crippen LogP contribution < -0.4 is 10.6 Å². The number of aromatic nitrogens is 2. The van der Waals surface area contributed by atoms with E-state index in [0.717, 1.165) is 64.2 Å². The maximum atomic E-state index is 13.0. The fourth-order valence-electron chi connectivity index (χ4n) is 3.91. The molecule has 0 saturated carbocycles. The van der Waals surface area contributed by atoms with Gasteiger partial charge in [0, 0.05) is 60.7 Å². The molecule has 0 radical (unpaired) electrons. The quantitative estimate of drug-likeness (QED) is 0.594. The summed E-state index contributed by atoms with van der Waals surface area (Å²) in [6, 6.07) is 9.72. The summed E-state index contributed by atoms with van der Waals surface area (Å²) < 4.78 is 0. The summed E-state index contributed by atoms with van der Waals surface area (Å²) >= 11 is 3.27. The molecule has 1 amide bonds. The van der Waals surface area contributed by atoms with Gasteiger partial charge in [0.25, 0.3) is 5.91 Å². The molecule has 0 unspecified atom stereocenters. The van der Waals surface area contributed by atoms with Crippen LogP contribution in [0, 0.1) is 0 Å².